The number of nitrogens with two attached hydrogens (primary N) is 1. The fraction of sp³-hybridized carbons (Fsp3) is 1.00. The zero-order valence-corrected chi connectivity index (χ0v) is 7.15. The highest BCUT2D eigenvalue weighted by molar-refractivity contribution is 4.82. The quantitative estimate of drug-likeness (QED) is 0.675. The number of nitrogens with one attached hydrogen (secondary N) is 1. The summed E-state index contributed by atoms with van der Waals surface area (Å²) >= 11 is 0. The van der Waals surface area contributed by atoms with Gasteiger partial charge in [-0.05, 0) is 25.9 Å². The molecule has 0 radical (unpaired) electrons. The molecule has 12 heavy (non-hydrogen) atoms. The SMILES string of the molecule is NCCC(F)(F)C1CCCNC1. The molecule has 3 N–H and O–H groups in total. The summed E-state index contributed by atoms with van der Waals surface area (Å²) in [7, 11) is 0. The first kappa shape index (κ1) is 9.86. The van der Waals surface area contributed by atoms with Crippen molar-refractivity contribution in [1.82, 2.24) is 5.32 Å². The predicted molar refractivity (Wildman–Crippen MR) is 44.2 cm³/mol. The minimum absolute atomic E-state index is 0.0729. The highest BCUT2D eigenvalue weighted by Crippen LogP contribution is 2.32. The summed E-state index contributed by atoms with van der Waals surface area (Å²) in [4.78, 5) is 0. The Hall–Kier alpha value is -0.220. The van der Waals surface area contributed by atoms with E-state index < -0.39 is 11.8 Å². The van der Waals surface area contributed by atoms with Crippen LogP contribution in [0.3, 0.4) is 0 Å². The van der Waals surface area contributed by atoms with Crippen molar-refractivity contribution in [2.45, 2.75) is 25.2 Å². The van der Waals surface area contributed by atoms with Gasteiger partial charge in [0, 0.05) is 18.9 Å². The number of hydrogen-bond acceptors (Lipinski definition) is 2. The van der Waals surface area contributed by atoms with Crippen molar-refractivity contribution in [1.29, 1.82) is 0 Å². The normalized spacial score (nSPS) is 25.8. The van der Waals surface area contributed by atoms with Crippen LogP contribution < -0.4 is 11.1 Å². The highest BCUT2D eigenvalue weighted by atomic mass is 19.3. The molecule has 0 aliphatic carbocycles. The van der Waals surface area contributed by atoms with Gasteiger partial charge in [-0.2, -0.15) is 0 Å². The van der Waals surface area contributed by atoms with Crippen LogP contribution in [-0.4, -0.2) is 25.6 Å². The van der Waals surface area contributed by atoms with Crippen LogP contribution in [0, 0.1) is 5.92 Å². The molecule has 4 heteroatoms. The van der Waals surface area contributed by atoms with E-state index in [0.717, 1.165) is 13.0 Å². The van der Waals surface area contributed by atoms with Gasteiger partial charge >= 0.3 is 0 Å². The number of halogens is 2. The van der Waals surface area contributed by atoms with Gasteiger partial charge in [0.15, 0.2) is 0 Å². The van der Waals surface area contributed by atoms with Gasteiger partial charge in [-0.3, -0.25) is 0 Å². The first-order valence-corrected chi connectivity index (χ1v) is 4.45. The molecule has 0 amide bonds. The van der Waals surface area contributed by atoms with E-state index >= 15 is 0 Å². The van der Waals surface area contributed by atoms with Crippen LogP contribution in [0.2, 0.25) is 0 Å². The number of rotatable bonds is 3. The lowest BCUT2D eigenvalue weighted by Gasteiger charge is -2.30. The Morgan fingerprint density at radius 2 is 2.25 bits per heavy atom. The smallest absolute Gasteiger partial charge is 0.253 e. The van der Waals surface area contributed by atoms with E-state index in [4.69, 9.17) is 5.73 Å². The average molecular weight is 178 g/mol. The Labute approximate surface area is 71.5 Å². The van der Waals surface area contributed by atoms with E-state index in [9.17, 15) is 8.78 Å². The fourth-order valence-electron chi connectivity index (χ4n) is 1.61. The van der Waals surface area contributed by atoms with Gasteiger partial charge in [-0.25, -0.2) is 8.78 Å². The molecule has 1 atom stereocenters. The summed E-state index contributed by atoms with van der Waals surface area (Å²) in [6.45, 7) is 1.38. The maximum absolute atomic E-state index is 13.2. The van der Waals surface area contributed by atoms with Gasteiger partial charge in [-0.1, -0.05) is 0 Å². The van der Waals surface area contributed by atoms with Gasteiger partial charge in [0.25, 0.3) is 5.92 Å². The minimum atomic E-state index is -2.57. The first-order valence-electron chi connectivity index (χ1n) is 4.45. The van der Waals surface area contributed by atoms with Crippen LogP contribution in [0.15, 0.2) is 0 Å². The van der Waals surface area contributed by atoms with Gasteiger partial charge in [0.05, 0.1) is 0 Å². The van der Waals surface area contributed by atoms with E-state index in [-0.39, 0.29) is 13.0 Å². The van der Waals surface area contributed by atoms with Crippen molar-refractivity contribution >= 4 is 0 Å². The molecule has 1 heterocycles. The molecule has 0 aromatic carbocycles. The van der Waals surface area contributed by atoms with Crippen molar-refractivity contribution in [3.63, 3.8) is 0 Å². The lowest BCUT2D eigenvalue weighted by atomic mass is 9.91. The molecule has 1 fully saturated rings. The molecule has 0 saturated carbocycles. The molecule has 0 bridgehead atoms. The molecule has 0 aromatic heterocycles. The third-order valence-corrected chi connectivity index (χ3v) is 2.37. The number of alkyl halides is 2. The van der Waals surface area contributed by atoms with E-state index in [0.29, 0.717) is 13.0 Å². The Kier molecular flexibility index (Phi) is 3.40. The lowest BCUT2D eigenvalue weighted by Crippen LogP contribution is -2.41. The van der Waals surface area contributed by atoms with Crippen LogP contribution in [0.4, 0.5) is 8.78 Å². The fourth-order valence-corrected chi connectivity index (χ4v) is 1.61. The molecule has 1 rings (SSSR count). The Morgan fingerprint density at radius 3 is 2.75 bits per heavy atom. The molecule has 1 saturated heterocycles. The van der Waals surface area contributed by atoms with Crippen LogP contribution >= 0.6 is 0 Å². The zero-order valence-electron chi connectivity index (χ0n) is 7.15. The molecule has 2 nitrogen and oxygen atoms in total. The molecule has 0 aromatic rings. The third-order valence-electron chi connectivity index (χ3n) is 2.37. The summed E-state index contributed by atoms with van der Waals surface area (Å²) in [5.41, 5.74) is 5.12. The summed E-state index contributed by atoms with van der Waals surface area (Å²) in [6.07, 6.45) is 1.30. The summed E-state index contributed by atoms with van der Waals surface area (Å²) in [5.74, 6) is -3.07. The van der Waals surface area contributed by atoms with Crippen LogP contribution in [-0.2, 0) is 0 Å². The van der Waals surface area contributed by atoms with E-state index in [1.54, 1.807) is 0 Å². The van der Waals surface area contributed by atoms with Crippen molar-refractivity contribution in [2.24, 2.45) is 11.7 Å². The number of hydrogen-bond donors (Lipinski definition) is 2. The summed E-state index contributed by atoms with van der Waals surface area (Å²) in [5, 5.41) is 2.98. The second kappa shape index (κ2) is 4.14. The molecule has 1 aliphatic heterocycles. The van der Waals surface area contributed by atoms with Crippen LogP contribution in [0.25, 0.3) is 0 Å². The molecule has 72 valence electrons. The van der Waals surface area contributed by atoms with Gasteiger partial charge in [0.2, 0.25) is 0 Å². The average Bonchev–Trinajstić information content (AvgIpc) is 2.06. The summed E-state index contributed by atoms with van der Waals surface area (Å²) < 4.78 is 26.4. The second-order valence-electron chi connectivity index (χ2n) is 3.34. The monoisotopic (exact) mass is 178 g/mol. The Balaban J connectivity index is 2.41. The van der Waals surface area contributed by atoms with E-state index in [1.807, 2.05) is 0 Å². The van der Waals surface area contributed by atoms with Crippen LogP contribution in [0.1, 0.15) is 19.3 Å². The maximum atomic E-state index is 13.2. The molecular weight excluding hydrogens is 162 g/mol. The standard InChI is InChI=1S/C8H16F2N2/c9-8(10,3-4-11)7-2-1-5-12-6-7/h7,12H,1-6,11H2. The minimum Gasteiger partial charge on any atom is -0.330 e. The lowest BCUT2D eigenvalue weighted by molar-refractivity contribution is -0.0700. The van der Waals surface area contributed by atoms with Crippen molar-refractivity contribution in [2.75, 3.05) is 19.6 Å². The maximum Gasteiger partial charge on any atom is 0.253 e. The van der Waals surface area contributed by atoms with Crippen molar-refractivity contribution in [3.05, 3.63) is 0 Å². The first-order chi connectivity index (χ1) is 5.67. The van der Waals surface area contributed by atoms with Gasteiger partial charge < -0.3 is 11.1 Å². The van der Waals surface area contributed by atoms with Crippen molar-refractivity contribution < 1.29 is 8.78 Å². The van der Waals surface area contributed by atoms with Crippen molar-refractivity contribution in [3.8, 4) is 0 Å². The summed E-state index contributed by atoms with van der Waals surface area (Å²) in [6, 6.07) is 0. The highest BCUT2D eigenvalue weighted by Gasteiger charge is 2.38. The molecule has 1 unspecified atom stereocenters. The molecule has 0 spiro atoms. The van der Waals surface area contributed by atoms with E-state index in [1.165, 1.54) is 0 Å². The third kappa shape index (κ3) is 2.38. The largest absolute Gasteiger partial charge is 0.330 e. The topological polar surface area (TPSA) is 38.0 Å². The predicted octanol–water partition coefficient (Wildman–Crippen LogP) is 0.970. The number of piperidine rings is 1. The van der Waals surface area contributed by atoms with E-state index in [2.05, 4.69) is 5.32 Å². The Morgan fingerprint density at radius 1 is 1.50 bits per heavy atom. The molecular formula is C8H16F2N2. The van der Waals surface area contributed by atoms with Gasteiger partial charge in [-0.15, -0.1) is 0 Å². The van der Waals surface area contributed by atoms with Crippen LogP contribution in [0.5, 0.6) is 0 Å². The van der Waals surface area contributed by atoms with Gasteiger partial charge in [0.1, 0.15) is 0 Å². The molecule has 1 aliphatic rings. The Bertz CT molecular complexity index is 133. The second-order valence-corrected chi connectivity index (χ2v) is 3.34. The zero-order chi connectivity index (χ0) is 9.03.